The molecule has 0 radical (unpaired) electrons. The standard InChI is InChI=1S/C24H23N3O3/c1-3-27-21-16-17(22(28)26-30-2)14-15-20(21)25-23(27)24(29,18-10-6-4-7-11-18)19-12-8-5-9-13-19/h4-16,29H,3H2,1-2H3,(H,26,28). The first-order valence-corrected chi connectivity index (χ1v) is 9.77. The lowest BCUT2D eigenvalue weighted by molar-refractivity contribution is 0.0538. The van der Waals surface area contributed by atoms with Gasteiger partial charge >= 0.3 is 0 Å². The average molecular weight is 401 g/mol. The van der Waals surface area contributed by atoms with Gasteiger partial charge in [-0.3, -0.25) is 9.63 Å². The van der Waals surface area contributed by atoms with Gasteiger partial charge in [0.2, 0.25) is 0 Å². The van der Waals surface area contributed by atoms with Crippen molar-refractivity contribution < 1.29 is 14.7 Å². The van der Waals surface area contributed by atoms with Crippen molar-refractivity contribution in [3.8, 4) is 0 Å². The summed E-state index contributed by atoms with van der Waals surface area (Å²) in [6.45, 7) is 2.56. The zero-order valence-electron chi connectivity index (χ0n) is 16.9. The number of carbonyl (C=O) groups excluding carboxylic acids is 1. The van der Waals surface area contributed by atoms with Gasteiger partial charge in [-0.2, -0.15) is 0 Å². The normalized spacial score (nSPS) is 11.6. The molecule has 0 bridgehead atoms. The molecule has 0 aliphatic rings. The van der Waals surface area contributed by atoms with Crippen molar-refractivity contribution in [2.24, 2.45) is 0 Å². The van der Waals surface area contributed by atoms with Crippen molar-refractivity contribution in [2.45, 2.75) is 19.1 Å². The number of aliphatic hydroxyl groups is 1. The van der Waals surface area contributed by atoms with Gasteiger partial charge in [-0.1, -0.05) is 60.7 Å². The minimum atomic E-state index is -1.45. The van der Waals surface area contributed by atoms with Gasteiger partial charge in [0.1, 0.15) is 0 Å². The van der Waals surface area contributed by atoms with E-state index in [9.17, 15) is 9.90 Å². The number of rotatable bonds is 6. The lowest BCUT2D eigenvalue weighted by Crippen LogP contribution is -2.32. The summed E-state index contributed by atoms with van der Waals surface area (Å²) in [5.74, 6) is 0.160. The second-order valence-corrected chi connectivity index (χ2v) is 6.96. The van der Waals surface area contributed by atoms with Gasteiger partial charge in [0.05, 0.1) is 18.1 Å². The molecular formula is C24H23N3O3. The Hall–Kier alpha value is -3.48. The Bertz CT molecular complexity index is 1130. The largest absolute Gasteiger partial charge is 0.373 e. The van der Waals surface area contributed by atoms with Crippen LogP contribution in [0, 0.1) is 0 Å². The minimum Gasteiger partial charge on any atom is -0.373 e. The molecule has 1 heterocycles. The lowest BCUT2D eigenvalue weighted by atomic mass is 9.85. The van der Waals surface area contributed by atoms with E-state index in [1.807, 2.05) is 72.2 Å². The van der Waals surface area contributed by atoms with E-state index in [-0.39, 0.29) is 5.91 Å². The van der Waals surface area contributed by atoms with E-state index in [0.29, 0.717) is 23.4 Å². The maximum Gasteiger partial charge on any atom is 0.274 e. The number of hydrogen-bond acceptors (Lipinski definition) is 4. The van der Waals surface area contributed by atoms with Gasteiger partial charge in [0.25, 0.3) is 5.91 Å². The number of hydrogen-bond donors (Lipinski definition) is 2. The molecule has 1 aromatic heterocycles. The number of amides is 1. The fourth-order valence-electron chi connectivity index (χ4n) is 3.80. The Labute approximate surface area is 174 Å². The summed E-state index contributed by atoms with van der Waals surface area (Å²) in [4.78, 5) is 21.8. The number of fused-ring (bicyclic) bond motifs is 1. The Morgan fingerprint density at radius 2 is 1.63 bits per heavy atom. The number of nitrogens with one attached hydrogen (secondary N) is 1. The highest BCUT2D eigenvalue weighted by atomic mass is 16.6. The Morgan fingerprint density at radius 3 is 2.17 bits per heavy atom. The smallest absolute Gasteiger partial charge is 0.274 e. The molecule has 4 rings (SSSR count). The predicted octanol–water partition coefficient (Wildman–Crippen LogP) is 3.63. The molecule has 6 heteroatoms. The molecule has 1 amide bonds. The number of hydroxylamine groups is 1. The maximum absolute atomic E-state index is 12.2. The van der Waals surface area contributed by atoms with Gasteiger partial charge in [0.15, 0.2) is 11.4 Å². The van der Waals surface area contributed by atoms with E-state index in [0.717, 1.165) is 16.6 Å². The first-order valence-electron chi connectivity index (χ1n) is 9.77. The van der Waals surface area contributed by atoms with E-state index in [1.54, 1.807) is 18.2 Å². The highest BCUT2D eigenvalue weighted by Gasteiger charge is 2.38. The van der Waals surface area contributed by atoms with Crippen LogP contribution in [0.15, 0.2) is 78.9 Å². The van der Waals surface area contributed by atoms with E-state index >= 15 is 0 Å². The van der Waals surface area contributed by atoms with Gasteiger partial charge in [0, 0.05) is 12.1 Å². The molecule has 0 saturated heterocycles. The maximum atomic E-state index is 12.2. The number of nitrogens with zero attached hydrogens (tertiary/aromatic N) is 2. The number of benzene rings is 3. The minimum absolute atomic E-state index is 0.341. The van der Waals surface area contributed by atoms with E-state index in [4.69, 9.17) is 9.82 Å². The molecule has 0 atom stereocenters. The summed E-state index contributed by atoms with van der Waals surface area (Å²) in [6, 6.07) is 24.2. The second kappa shape index (κ2) is 8.10. The molecular weight excluding hydrogens is 378 g/mol. The van der Waals surface area contributed by atoms with Gasteiger partial charge in [-0.15, -0.1) is 0 Å². The molecule has 0 spiro atoms. The third kappa shape index (κ3) is 3.26. The topological polar surface area (TPSA) is 76.4 Å². The second-order valence-electron chi connectivity index (χ2n) is 6.96. The van der Waals surface area contributed by atoms with Crippen molar-refractivity contribution in [3.63, 3.8) is 0 Å². The van der Waals surface area contributed by atoms with Crippen LogP contribution in [0.1, 0.15) is 34.2 Å². The summed E-state index contributed by atoms with van der Waals surface area (Å²) in [7, 11) is 1.39. The van der Waals surface area contributed by atoms with Crippen LogP contribution in [0.25, 0.3) is 11.0 Å². The predicted molar refractivity (Wildman–Crippen MR) is 115 cm³/mol. The summed E-state index contributed by atoms with van der Waals surface area (Å²) in [5.41, 5.74) is 4.24. The quantitative estimate of drug-likeness (QED) is 0.484. The van der Waals surface area contributed by atoms with Crippen molar-refractivity contribution in [1.29, 1.82) is 0 Å². The van der Waals surface area contributed by atoms with Gasteiger partial charge in [-0.05, 0) is 36.2 Å². The van der Waals surface area contributed by atoms with Crippen LogP contribution in [0.5, 0.6) is 0 Å². The third-order valence-corrected chi connectivity index (χ3v) is 5.23. The molecule has 152 valence electrons. The SMILES string of the molecule is CCn1c(C(O)(c2ccccc2)c2ccccc2)nc2ccc(C(=O)NOC)cc21. The first kappa shape index (κ1) is 19.8. The first-order chi connectivity index (χ1) is 14.6. The summed E-state index contributed by atoms with van der Waals surface area (Å²) < 4.78 is 1.94. The van der Waals surface area contributed by atoms with E-state index in [2.05, 4.69) is 5.48 Å². The summed E-state index contributed by atoms with van der Waals surface area (Å²) in [6.07, 6.45) is 0. The van der Waals surface area contributed by atoms with Crippen LogP contribution in [0.2, 0.25) is 0 Å². The zero-order chi connectivity index (χ0) is 21.1. The fraction of sp³-hybridized carbons (Fsp3) is 0.167. The number of aryl methyl sites for hydroxylation is 1. The molecule has 0 unspecified atom stereocenters. The van der Waals surface area contributed by atoms with Crippen LogP contribution in [-0.4, -0.2) is 27.7 Å². The highest BCUT2D eigenvalue weighted by molar-refractivity contribution is 5.97. The summed E-state index contributed by atoms with van der Waals surface area (Å²) in [5, 5.41) is 12.1. The zero-order valence-corrected chi connectivity index (χ0v) is 16.9. The fourth-order valence-corrected chi connectivity index (χ4v) is 3.80. The molecule has 4 aromatic rings. The van der Waals surface area contributed by atoms with Crippen LogP contribution < -0.4 is 5.48 Å². The van der Waals surface area contributed by atoms with Crippen LogP contribution in [0.3, 0.4) is 0 Å². The molecule has 3 aromatic carbocycles. The number of aromatic nitrogens is 2. The Kier molecular flexibility index (Phi) is 5.35. The van der Waals surface area contributed by atoms with Gasteiger partial charge in [-0.25, -0.2) is 10.5 Å². The van der Waals surface area contributed by atoms with Gasteiger partial charge < -0.3 is 9.67 Å². The molecule has 6 nitrogen and oxygen atoms in total. The molecule has 2 N–H and O–H groups in total. The molecule has 30 heavy (non-hydrogen) atoms. The molecule has 0 aliphatic heterocycles. The van der Waals surface area contributed by atoms with Crippen molar-refractivity contribution >= 4 is 16.9 Å². The molecule has 0 aliphatic carbocycles. The van der Waals surface area contributed by atoms with Crippen LogP contribution in [0.4, 0.5) is 0 Å². The lowest BCUT2D eigenvalue weighted by Gasteiger charge is -2.29. The van der Waals surface area contributed by atoms with Crippen molar-refractivity contribution in [3.05, 3.63) is 101 Å². The molecule has 0 saturated carbocycles. The Balaban J connectivity index is 1.98. The highest BCUT2D eigenvalue weighted by Crippen LogP contribution is 2.37. The van der Waals surface area contributed by atoms with E-state index < -0.39 is 5.60 Å². The average Bonchev–Trinajstić information content (AvgIpc) is 3.18. The van der Waals surface area contributed by atoms with Crippen molar-refractivity contribution in [1.82, 2.24) is 15.0 Å². The van der Waals surface area contributed by atoms with Crippen molar-refractivity contribution in [2.75, 3.05) is 7.11 Å². The van der Waals surface area contributed by atoms with Crippen LogP contribution >= 0.6 is 0 Å². The third-order valence-electron chi connectivity index (χ3n) is 5.23. The number of carbonyl (C=O) groups is 1. The Morgan fingerprint density at radius 1 is 1.03 bits per heavy atom. The summed E-state index contributed by atoms with van der Waals surface area (Å²) >= 11 is 0. The number of imidazole rings is 1. The van der Waals surface area contributed by atoms with Crippen LogP contribution in [-0.2, 0) is 17.0 Å². The monoisotopic (exact) mass is 401 g/mol. The molecule has 0 fully saturated rings. The van der Waals surface area contributed by atoms with E-state index in [1.165, 1.54) is 7.11 Å².